The molecule has 46 valence electrons. The van der Waals surface area contributed by atoms with E-state index in [9.17, 15) is 0 Å². The smallest absolute Gasteiger partial charge is 0.167 e. The molecule has 1 heterocycles. The second-order valence-electron chi connectivity index (χ2n) is 1.44. The Morgan fingerprint density at radius 2 is 2.62 bits per heavy atom. The zero-order valence-electron chi connectivity index (χ0n) is 4.59. The van der Waals surface area contributed by atoms with Crippen LogP contribution in [0.1, 0.15) is 0 Å². The van der Waals surface area contributed by atoms with E-state index in [0.717, 1.165) is 11.7 Å². The van der Waals surface area contributed by atoms with Gasteiger partial charge in [0, 0.05) is 19.3 Å². The van der Waals surface area contributed by atoms with Gasteiger partial charge in [-0.3, -0.25) is 8.11 Å². The topological polar surface area (TPSA) is 15.6 Å². The van der Waals surface area contributed by atoms with E-state index >= 15 is 0 Å². The lowest BCUT2D eigenvalue weighted by Crippen LogP contribution is -2.09. The quantitative estimate of drug-likeness (QED) is 0.471. The summed E-state index contributed by atoms with van der Waals surface area (Å²) >= 11 is 4.09. The minimum Gasteiger partial charge on any atom is -0.293 e. The first-order chi connectivity index (χ1) is 3.84. The maximum absolute atomic E-state index is 4.07. The molecular weight excluding hydrogens is 235 g/mol. The first kappa shape index (κ1) is 6.67. The second kappa shape index (κ2) is 2.91. The third kappa shape index (κ3) is 1.28. The van der Waals surface area contributed by atoms with Gasteiger partial charge in [-0.25, -0.2) is 0 Å². The molecule has 0 amide bonds. The van der Waals surface area contributed by atoms with Crippen molar-refractivity contribution in [1.82, 2.24) is 3.11 Å². The van der Waals surface area contributed by atoms with E-state index in [-0.39, 0.29) is 0 Å². The van der Waals surface area contributed by atoms with Gasteiger partial charge in [0.2, 0.25) is 0 Å². The maximum Gasteiger partial charge on any atom is 0.167 e. The third-order valence-electron chi connectivity index (χ3n) is 0.918. The molecule has 0 radical (unpaired) electrons. The fraction of sp³-hybridized carbons (Fsp3) is 0.750. The summed E-state index contributed by atoms with van der Waals surface area (Å²) in [6, 6.07) is 0. The van der Waals surface area contributed by atoms with E-state index in [0.29, 0.717) is 0 Å². The highest BCUT2D eigenvalue weighted by atomic mass is 127. The Hall–Kier alpha value is 0.550. The van der Waals surface area contributed by atoms with Crippen molar-refractivity contribution in [2.45, 2.75) is 0 Å². The van der Waals surface area contributed by atoms with Gasteiger partial charge in [0.15, 0.2) is 5.17 Å². The van der Waals surface area contributed by atoms with Gasteiger partial charge in [0.05, 0.1) is 22.9 Å². The monoisotopic (exact) mass is 242 g/mol. The van der Waals surface area contributed by atoms with Crippen molar-refractivity contribution in [2.75, 3.05) is 19.3 Å². The molecule has 0 aliphatic carbocycles. The number of halogens is 1. The first-order valence-electron chi connectivity index (χ1n) is 2.37. The summed E-state index contributed by atoms with van der Waals surface area (Å²) in [6.07, 6.45) is 0. The lowest BCUT2D eigenvalue weighted by molar-refractivity contribution is 0.802. The molecule has 0 bridgehead atoms. The number of aliphatic imine (C=N–C) groups is 1. The van der Waals surface area contributed by atoms with Crippen LogP contribution >= 0.6 is 34.6 Å². The van der Waals surface area contributed by atoms with Crippen molar-refractivity contribution in [3.05, 3.63) is 0 Å². The predicted octanol–water partition coefficient (Wildman–Crippen LogP) is 1.37. The van der Waals surface area contributed by atoms with Gasteiger partial charge in [-0.1, -0.05) is 11.8 Å². The number of rotatable bonds is 0. The summed E-state index contributed by atoms with van der Waals surface area (Å²) in [5, 5.41) is 1.16. The molecule has 0 saturated carbocycles. The Kier molecular flexibility index (Phi) is 2.43. The van der Waals surface area contributed by atoms with Gasteiger partial charge in [-0.05, 0) is 0 Å². The van der Waals surface area contributed by atoms with Gasteiger partial charge in [0.1, 0.15) is 0 Å². The molecule has 0 aromatic heterocycles. The SMILES string of the molecule is CN=C1SCCN1I. The van der Waals surface area contributed by atoms with Crippen molar-refractivity contribution >= 4 is 39.8 Å². The number of amidine groups is 1. The van der Waals surface area contributed by atoms with Crippen LogP contribution in [0.3, 0.4) is 0 Å². The average Bonchev–Trinajstić information content (AvgIpc) is 2.14. The van der Waals surface area contributed by atoms with Crippen molar-refractivity contribution < 1.29 is 0 Å². The van der Waals surface area contributed by atoms with Crippen molar-refractivity contribution in [3.8, 4) is 0 Å². The minimum atomic E-state index is 1.14. The lowest BCUT2D eigenvalue weighted by Gasteiger charge is -2.03. The Bertz CT molecular complexity index is 115. The molecule has 2 nitrogen and oxygen atoms in total. The van der Waals surface area contributed by atoms with E-state index in [1.807, 2.05) is 18.8 Å². The summed E-state index contributed by atoms with van der Waals surface area (Å²) in [6.45, 7) is 1.14. The molecule has 4 heteroatoms. The molecule has 0 N–H and O–H groups in total. The van der Waals surface area contributed by atoms with E-state index < -0.39 is 0 Å². The summed E-state index contributed by atoms with van der Waals surface area (Å²) < 4.78 is 2.14. The summed E-state index contributed by atoms with van der Waals surface area (Å²) in [5.41, 5.74) is 0. The van der Waals surface area contributed by atoms with E-state index in [1.54, 1.807) is 0 Å². The molecule has 0 spiro atoms. The minimum absolute atomic E-state index is 1.14. The van der Waals surface area contributed by atoms with Crippen LogP contribution in [-0.4, -0.2) is 27.6 Å². The zero-order valence-corrected chi connectivity index (χ0v) is 7.57. The maximum atomic E-state index is 4.07. The number of thioether (sulfide) groups is 1. The van der Waals surface area contributed by atoms with E-state index in [1.165, 1.54) is 5.75 Å². The fourth-order valence-electron chi connectivity index (χ4n) is 0.556. The zero-order chi connectivity index (χ0) is 5.98. The fourth-order valence-corrected chi connectivity index (χ4v) is 2.57. The Morgan fingerprint density at radius 1 is 1.88 bits per heavy atom. The van der Waals surface area contributed by atoms with Crippen LogP contribution in [0.4, 0.5) is 0 Å². The summed E-state index contributed by atoms with van der Waals surface area (Å²) in [5.74, 6) is 1.19. The average molecular weight is 242 g/mol. The van der Waals surface area contributed by atoms with Gasteiger partial charge in [-0.15, -0.1) is 0 Å². The second-order valence-corrected chi connectivity index (χ2v) is 3.67. The molecule has 1 aliphatic heterocycles. The van der Waals surface area contributed by atoms with Crippen LogP contribution in [0, 0.1) is 0 Å². The van der Waals surface area contributed by atoms with Crippen molar-refractivity contribution in [3.63, 3.8) is 0 Å². The van der Waals surface area contributed by atoms with Crippen LogP contribution < -0.4 is 0 Å². The molecule has 0 unspecified atom stereocenters. The van der Waals surface area contributed by atoms with Gasteiger partial charge >= 0.3 is 0 Å². The van der Waals surface area contributed by atoms with Crippen molar-refractivity contribution in [1.29, 1.82) is 0 Å². The highest BCUT2D eigenvalue weighted by Crippen LogP contribution is 2.20. The predicted molar refractivity (Wildman–Crippen MR) is 46.5 cm³/mol. The van der Waals surface area contributed by atoms with E-state index in [4.69, 9.17) is 0 Å². The van der Waals surface area contributed by atoms with Gasteiger partial charge in [-0.2, -0.15) is 0 Å². The third-order valence-corrected chi connectivity index (χ3v) is 3.23. The molecule has 1 fully saturated rings. The Labute approximate surface area is 67.2 Å². The highest BCUT2D eigenvalue weighted by molar-refractivity contribution is 14.1. The van der Waals surface area contributed by atoms with Crippen LogP contribution in [0.15, 0.2) is 4.99 Å². The van der Waals surface area contributed by atoms with Crippen LogP contribution in [-0.2, 0) is 0 Å². The molecular formula is C4H7IN2S. The van der Waals surface area contributed by atoms with Crippen LogP contribution in [0.25, 0.3) is 0 Å². The summed E-state index contributed by atoms with van der Waals surface area (Å²) in [4.78, 5) is 4.07. The Morgan fingerprint density at radius 3 is 2.88 bits per heavy atom. The molecule has 8 heavy (non-hydrogen) atoms. The Balaban J connectivity index is 2.55. The first-order valence-corrected chi connectivity index (χ1v) is 4.32. The summed E-state index contributed by atoms with van der Waals surface area (Å²) in [7, 11) is 1.83. The molecule has 1 aliphatic rings. The standard InChI is InChI=1S/C4H7IN2S/c1-6-4-7(5)2-3-8-4/h2-3H2,1H3. The highest BCUT2D eigenvalue weighted by Gasteiger charge is 2.14. The van der Waals surface area contributed by atoms with Crippen LogP contribution in [0.5, 0.6) is 0 Å². The number of hydrogen-bond acceptors (Lipinski definition) is 2. The van der Waals surface area contributed by atoms with E-state index in [2.05, 4.69) is 31.0 Å². The molecule has 0 aromatic rings. The van der Waals surface area contributed by atoms with Gasteiger partial charge in [0.25, 0.3) is 0 Å². The van der Waals surface area contributed by atoms with Crippen molar-refractivity contribution in [2.24, 2.45) is 4.99 Å². The molecule has 0 atom stereocenters. The molecule has 1 rings (SSSR count). The molecule has 1 saturated heterocycles. The lowest BCUT2D eigenvalue weighted by atomic mass is 10.8. The van der Waals surface area contributed by atoms with Gasteiger partial charge < -0.3 is 0 Å². The number of hydrogen-bond donors (Lipinski definition) is 0. The molecule has 0 aromatic carbocycles. The number of nitrogens with zero attached hydrogens (tertiary/aromatic N) is 2. The normalized spacial score (nSPS) is 25.2. The largest absolute Gasteiger partial charge is 0.293 e. The van der Waals surface area contributed by atoms with Crippen LogP contribution in [0.2, 0.25) is 0 Å².